The van der Waals surface area contributed by atoms with Crippen LogP contribution in [0.4, 0.5) is 4.79 Å². The lowest BCUT2D eigenvalue weighted by Crippen LogP contribution is -2.47. The maximum Gasteiger partial charge on any atom is 0.326 e. The van der Waals surface area contributed by atoms with Crippen molar-refractivity contribution in [2.75, 3.05) is 6.54 Å². The van der Waals surface area contributed by atoms with E-state index in [0.717, 1.165) is 0 Å². The molecule has 7 heteroatoms. The Morgan fingerprint density at radius 2 is 1.79 bits per heavy atom. The second-order valence-electron chi connectivity index (χ2n) is 5.25. The van der Waals surface area contributed by atoms with Gasteiger partial charge in [0.1, 0.15) is 6.04 Å². The van der Waals surface area contributed by atoms with Gasteiger partial charge in [-0.05, 0) is 27.2 Å². The minimum Gasteiger partial charge on any atom is -0.480 e. The van der Waals surface area contributed by atoms with Crippen molar-refractivity contribution in [3.05, 3.63) is 0 Å². The van der Waals surface area contributed by atoms with Crippen molar-refractivity contribution in [3.8, 4) is 0 Å². The molecule has 0 saturated carbocycles. The summed E-state index contributed by atoms with van der Waals surface area (Å²) in [6.07, 6.45) is 0.446. The summed E-state index contributed by atoms with van der Waals surface area (Å²) in [6, 6.07) is -1.50. The van der Waals surface area contributed by atoms with Gasteiger partial charge in [-0.2, -0.15) is 0 Å². The molecule has 0 rings (SSSR count). The molecule has 0 aromatic rings. The number of hydrogen-bond donors (Lipinski definition) is 4. The number of carbonyl (C=O) groups excluding carboxylic acids is 2. The molecule has 110 valence electrons. The van der Waals surface area contributed by atoms with Gasteiger partial charge in [0, 0.05) is 18.5 Å². The Kier molecular flexibility index (Phi) is 6.89. The molecule has 7 nitrogen and oxygen atoms in total. The molecule has 0 fully saturated rings. The van der Waals surface area contributed by atoms with Gasteiger partial charge in [-0.1, -0.05) is 6.92 Å². The van der Waals surface area contributed by atoms with E-state index in [1.807, 2.05) is 20.8 Å². The quantitative estimate of drug-likeness (QED) is 0.563. The summed E-state index contributed by atoms with van der Waals surface area (Å²) in [5.74, 6) is -1.25. The molecule has 0 bridgehead atoms. The zero-order valence-corrected chi connectivity index (χ0v) is 11.9. The van der Waals surface area contributed by atoms with Gasteiger partial charge in [0.05, 0.1) is 0 Å². The highest BCUT2D eigenvalue weighted by Gasteiger charge is 2.17. The van der Waals surface area contributed by atoms with Crippen LogP contribution in [0.3, 0.4) is 0 Å². The Balaban J connectivity index is 3.92. The SMILES string of the molecule is CCC(NC(=O)NCCC(=O)NC(C)(C)C)C(=O)O. The highest BCUT2D eigenvalue weighted by Crippen LogP contribution is 1.98. The van der Waals surface area contributed by atoms with Crippen molar-refractivity contribution in [2.45, 2.75) is 52.1 Å². The van der Waals surface area contributed by atoms with E-state index in [9.17, 15) is 14.4 Å². The number of urea groups is 1. The number of rotatable bonds is 6. The topological polar surface area (TPSA) is 108 Å². The van der Waals surface area contributed by atoms with Crippen molar-refractivity contribution in [1.82, 2.24) is 16.0 Å². The molecule has 0 aromatic heterocycles. The largest absolute Gasteiger partial charge is 0.480 e. The minimum absolute atomic E-state index is 0.147. The number of hydrogen-bond acceptors (Lipinski definition) is 3. The molecular weight excluding hydrogens is 250 g/mol. The number of carboxylic acid groups (broad SMARTS) is 1. The van der Waals surface area contributed by atoms with Crippen LogP contribution in [-0.4, -0.2) is 41.1 Å². The van der Waals surface area contributed by atoms with Crippen molar-refractivity contribution in [3.63, 3.8) is 0 Å². The smallest absolute Gasteiger partial charge is 0.326 e. The molecule has 0 aliphatic carbocycles. The van der Waals surface area contributed by atoms with Gasteiger partial charge in [0.25, 0.3) is 0 Å². The van der Waals surface area contributed by atoms with Gasteiger partial charge in [-0.25, -0.2) is 9.59 Å². The fourth-order valence-corrected chi connectivity index (χ4v) is 1.32. The Labute approximate surface area is 113 Å². The van der Waals surface area contributed by atoms with E-state index in [2.05, 4.69) is 16.0 Å². The highest BCUT2D eigenvalue weighted by molar-refractivity contribution is 5.83. The van der Waals surface area contributed by atoms with E-state index in [4.69, 9.17) is 5.11 Å². The molecule has 19 heavy (non-hydrogen) atoms. The fraction of sp³-hybridized carbons (Fsp3) is 0.750. The lowest BCUT2D eigenvalue weighted by atomic mass is 10.1. The van der Waals surface area contributed by atoms with Crippen LogP contribution in [0, 0.1) is 0 Å². The molecule has 0 aliphatic heterocycles. The third-order valence-electron chi connectivity index (χ3n) is 2.16. The summed E-state index contributed by atoms with van der Waals surface area (Å²) < 4.78 is 0. The van der Waals surface area contributed by atoms with Gasteiger partial charge < -0.3 is 21.1 Å². The normalized spacial score (nSPS) is 12.4. The molecule has 0 aliphatic rings. The average molecular weight is 273 g/mol. The Bertz CT molecular complexity index is 336. The second-order valence-corrected chi connectivity index (χ2v) is 5.25. The number of amides is 3. The number of nitrogens with one attached hydrogen (secondary N) is 3. The first-order chi connectivity index (χ1) is 8.65. The lowest BCUT2D eigenvalue weighted by Gasteiger charge is -2.20. The molecule has 1 unspecified atom stereocenters. The zero-order chi connectivity index (χ0) is 15.1. The first-order valence-corrected chi connectivity index (χ1v) is 6.24. The van der Waals surface area contributed by atoms with Crippen LogP contribution in [0.1, 0.15) is 40.5 Å². The van der Waals surface area contributed by atoms with E-state index in [-0.39, 0.29) is 24.4 Å². The van der Waals surface area contributed by atoms with E-state index in [0.29, 0.717) is 6.42 Å². The molecule has 1 atom stereocenters. The summed E-state index contributed by atoms with van der Waals surface area (Å²) in [5.41, 5.74) is -0.310. The predicted octanol–water partition coefficient (Wildman–Crippen LogP) is 0.454. The van der Waals surface area contributed by atoms with Crippen molar-refractivity contribution in [1.29, 1.82) is 0 Å². The third-order valence-corrected chi connectivity index (χ3v) is 2.16. The van der Waals surface area contributed by atoms with Crippen molar-refractivity contribution >= 4 is 17.9 Å². The molecule has 0 aromatic carbocycles. The van der Waals surface area contributed by atoms with Gasteiger partial charge in [-0.15, -0.1) is 0 Å². The summed E-state index contributed by atoms with van der Waals surface area (Å²) in [4.78, 5) is 33.5. The molecule has 0 saturated heterocycles. The van der Waals surface area contributed by atoms with Crippen LogP contribution >= 0.6 is 0 Å². The number of carboxylic acids is 1. The molecular formula is C12H23N3O4. The van der Waals surface area contributed by atoms with Gasteiger partial charge in [-0.3, -0.25) is 4.79 Å². The standard InChI is InChI=1S/C12H23N3O4/c1-5-8(10(17)18)14-11(19)13-7-6-9(16)15-12(2,3)4/h8H,5-7H2,1-4H3,(H,15,16)(H,17,18)(H2,13,14,19). The number of carbonyl (C=O) groups is 3. The van der Waals surface area contributed by atoms with E-state index >= 15 is 0 Å². The predicted molar refractivity (Wildman–Crippen MR) is 70.8 cm³/mol. The zero-order valence-electron chi connectivity index (χ0n) is 11.9. The Hall–Kier alpha value is -1.79. The molecule has 4 N–H and O–H groups in total. The van der Waals surface area contributed by atoms with E-state index in [1.165, 1.54) is 0 Å². The molecule has 3 amide bonds. The third kappa shape index (κ3) is 8.87. The first kappa shape index (κ1) is 17.2. The number of aliphatic carboxylic acids is 1. The lowest BCUT2D eigenvalue weighted by molar-refractivity contribution is -0.139. The maximum absolute atomic E-state index is 11.4. The minimum atomic E-state index is -1.08. The maximum atomic E-state index is 11.4. The summed E-state index contributed by atoms with van der Waals surface area (Å²) in [5, 5.41) is 16.3. The molecule has 0 radical (unpaired) electrons. The summed E-state index contributed by atoms with van der Waals surface area (Å²) in [6.45, 7) is 7.41. The van der Waals surface area contributed by atoms with Crippen LogP contribution in [0.2, 0.25) is 0 Å². The van der Waals surface area contributed by atoms with Gasteiger partial charge in [0.15, 0.2) is 0 Å². The highest BCUT2D eigenvalue weighted by atomic mass is 16.4. The molecule has 0 spiro atoms. The van der Waals surface area contributed by atoms with Gasteiger partial charge in [0.2, 0.25) is 5.91 Å². The van der Waals surface area contributed by atoms with Crippen LogP contribution in [0.25, 0.3) is 0 Å². The second kappa shape index (κ2) is 7.60. The van der Waals surface area contributed by atoms with E-state index in [1.54, 1.807) is 6.92 Å². The van der Waals surface area contributed by atoms with Crippen LogP contribution < -0.4 is 16.0 Å². The van der Waals surface area contributed by atoms with Crippen molar-refractivity contribution in [2.24, 2.45) is 0 Å². The van der Waals surface area contributed by atoms with Crippen LogP contribution in [0.15, 0.2) is 0 Å². The summed E-state index contributed by atoms with van der Waals surface area (Å²) in [7, 11) is 0. The Morgan fingerprint density at radius 3 is 2.21 bits per heavy atom. The fourth-order valence-electron chi connectivity index (χ4n) is 1.32. The molecule has 0 heterocycles. The average Bonchev–Trinajstić information content (AvgIpc) is 2.22. The van der Waals surface area contributed by atoms with Crippen molar-refractivity contribution < 1.29 is 19.5 Å². The van der Waals surface area contributed by atoms with E-state index < -0.39 is 18.0 Å². The monoisotopic (exact) mass is 273 g/mol. The first-order valence-electron chi connectivity index (χ1n) is 6.24. The van der Waals surface area contributed by atoms with Crippen LogP contribution in [-0.2, 0) is 9.59 Å². The van der Waals surface area contributed by atoms with Gasteiger partial charge >= 0.3 is 12.0 Å². The van der Waals surface area contributed by atoms with Crippen LogP contribution in [0.5, 0.6) is 0 Å². The summed E-state index contributed by atoms with van der Waals surface area (Å²) >= 11 is 0. The Morgan fingerprint density at radius 1 is 1.21 bits per heavy atom.